The van der Waals surface area contributed by atoms with Crippen molar-refractivity contribution >= 4 is 29.4 Å². The highest BCUT2D eigenvalue weighted by Crippen LogP contribution is 2.19. The Balaban J connectivity index is 1.60. The normalized spacial score (nSPS) is 12.4. The number of nitrogens with one attached hydrogen (secondary N) is 3. The predicted molar refractivity (Wildman–Crippen MR) is 146 cm³/mol. The van der Waals surface area contributed by atoms with Gasteiger partial charge >= 0.3 is 11.9 Å². The van der Waals surface area contributed by atoms with Crippen LogP contribution in [0.1, 0.15) is 55.5 Å². The second-order valence-electron chi connectivity index (χ2n) is 9.88. The van der Waals surface area contributed by atoms with Crippen LogP contribution < -0.4 is 10.6 Å². The Morgan fingerprint density at radius 3 is 2.27 bits per heavy atom. The second kappa shape index (κ2) is 14.5. The number of aromatic amines is 1. The van der Waals surface area contributed by atoms with E-state index in [4.69, 9.17) is 0 Å². The molecule has 4 N–H and O–H groups in total. The number of hydrogen-bond acceptors (Lipinski definition) is 8. The Kier molecular flexibility index (Phi) is 10.9. The summed E-state index contributed by atoms with van der Waals surface area (Å²) < 4.78 is 4.68. The number of esters is 1. The first-order valence-electron chi connectivity index (χ1n) is 13.0. The number of aryl methyl sites for hydroxylation is 1. The number of anilines is 1. The molecule has 12 nitrogen and oxygen atoms in total. The van der Waals surface area contributed by atoms with Crippen LogP contribution in [0.25, 0.3) is 11.4 Å². The third-order valence-corrected chi connectivity index (χ3v) is 6.30. The minimum atomic E-state index is -1.08. The predicted octanol–water partition coefficient (Wildman–Crippen LogP) is 3.24. The van der Waals surface area contributed by atoms with Crippen LogP contribution in [0.15, 0.2) is 48.5 Å². The lowest BCUT2D eigenvalue weighted by Gasteiger charge is -2.23. The number of aliphatic carboxylic acids is 1. The van der Waals surface area contributed by atoms with E-state index in [1.54, 1.807) is 12.1 Å². The van der Waals surface area contributed by atoms with E-state index in [0.29, 0.717) is 42.8 Å². The molecule has 0 saturated carbocycles. The first kappa shape index (κ1) is 29.9. The van der Waals surface area contributed by atoms with E-state index in [1.807, 2.05) is 38.1 Å². The number of carbonyl (C=O) groups excluding carboxylic acids is 3. The maximum atomic E-state index is 13.2. The second-order valence-corrected chi connectivity index (χ2v) is 9.88. The fourth-order valence-corrected chi connectivity index (χ4v) is 4.23. The molecule has 3 aromatic rings. The first-order valence-corrected chi connectivity index (χ1v) is 13.0. The van der Waals surface area contributed by atoms with Crippen molar-refractivity contribution in [2.75, 3.05) is 12.4 Å². The molecule has 3 rings (SSSR count). The fourth-order valence-electron chi connectivity index (χ4n) is 4.23. The number of amides is 2. The van der Waals surface area contributed by atoms with E-state index < -0.39 is 35.7 Å². The summed E-state index contributed by atoms with van der Waals surface area (Å²) in [5.41, 5.74) is 2.66. The summed E-state index contributed by atoms with van der Waals surface area (Å²) in [7, 11) is 1.28. The van der Waals surface area contributed by atoms with E-state index in [-0.39, 0.29) is 12.3 Å². The lowest BCUT2D eigenvalue weighted by molar-refractivity contribution is -0.141. The van der Waals surface area contributed by atoms with E-state index in [2.05, 4.69) is 36.0 Å². The van der Waals surface area contributed by atoms with Crippen molar-refractivity contribution in [3.05, 3.63) is 59.7 Å². The number of benzene rings is 2. The molecule has 2 atom stereocenters. The Labute approximate surface area is 231 Å². The van der Waals surface area contributed by atoms with E-state index in [0.717, 1.165) is 11.1 Å². The summed E-state index contributed by atoms with van der Waals surface area (Å²) in [4.78, 5) is 49.4. The summed E-state index contributed by atoms with van der Waals surface area (Å²) >= 11 is 0. The maximum absolute atomic E-state index is 13.2. The Hall–Kier alpha value is -4.61. The molecule has 0 aliphatic rings. The minimum Gasteiger partial charge on any atom is -0.481 e. The molecule has 2 aromatic carbocycles. The summed E-state index contributed by atoms with van der Waals surface area (Å²) in [6, 6.07) is 13.0. The van der Waals surface area contributed by atoms with Gasteiger partial charge in [-0.25, -0.2) is 9.89 Å². The summed E-state index contributed by atoms with van der Waals surface area (Å²) in [6.07, 6.45) is 1.60. The summed E-state index contributed by atoms with van der Waals surface area (Å²) in [5, 5.41) is 28.7. The van der Waals surface area contributed by atoms with Crippen LogP contribution >= 0.6 is 0 Å². The number of carbonyl (C=O) groups is 4. The van der Waals surface area contributed by atoms with Crippen molar-refractivity contribution in [1.29, 1.82) is 0 Å². The van der Waals surface area contributed by atoms with Crippen LogP contribution in [0.2, 0.25) is 0 Å². The van der Waals surface area contributed by atoms with Crippen molar-refractivity contribution in [2.45, 2.75) is 52.0 Å². The topological polar surface area (TPSA) is 176 Å². The monoisotopic (exact) mass is 550 g/mol. The number of hydrogen-bond donors (Lipinski definition) is 4. The lowest BCUT2D eigenvalue weighted by atomic mass is 9.94. The highest BCUT2D eigenvalue weighted by molar-refractivity contribution is 5.98. The zero-order chi connectivity index (χ0) is 29.1. The van der Waals surface area contributed by atoms with E-state index >= 15 is 0 Å². The number of H-pyrrole nitrogens is 1. The smallest absolute Gasteiger partial charge is 0.337 e. The number of nitrogens with zero attached hydrogens (tertiary/aromatic N) is 3. The first-order chi connectivity index (χ1) is 19.2. The molecule has 12 heteroatoms. The highest BCUT2D eigenvalue weighted by atomic mass is 16.5. The van der Waals surface area contributed by atoms with Gasteiger partial charge in [0.2, 0.25) is 11.8 Å². The van der Waals surface area contributed by atoms with E-state index in [1.165, 1.54) is 19.2 Å². The van der Waals surface area contributed by atoms with Gasteiger partial charge in [0, 0.05) is 17.2 Å². The molecular formula is C28H34N6O6. The molecule has 0 fully saturated rings. The van der Waals surface area contributed by atoms with Gasteiger partial charge < -0.3 is 20.5 Å². The van der Waals surface area contributed by atoms with Crippen molar-refractivity contribution in [3.63, 3.8) is 0 Å². The van der Waals surface area contributed by atoms with Crippen molar-refractivity contribution in [1.82, 2.24) is 25.9 Å². The zero-order valence-electron chi connectivity index (χ0n) is 22.7. The van der Waals surface area contributed by atoms with Crippen molar-refractivity contribution in [2.24, 2.45) is 11.8 Å². The SMILES string of the molecule is COC(=O)c1ccc(NC(=O)C(CC(C)C)NC(=O)C(CCCc2ccc(-c3nnn[nH]3)cc2)CC(=O)O)cc1. The molecule has 1 heterocycles. The number of carboxylic acids is 1. The molecule has 40 heavy (non-hydrogen) atoms. The van der Waals surface area contributed by atoms with Gasteiger partial charge in [-0.15, -0.1) is 5.10 Å². The standard InChI is InChI=1S/C28H34N6O6/c1-17(2)15-23(27(38)29-22-13-11-20(12-14-22)28(39)40-3)30-26(37)21(16-24(35)36)6-4-5-18-7-9-19(10-8-18)25-31-33-34-32-25/h7-14,17,21,23H,4-6,15-16H2,1-3H3,(H,29,38)(H,30,37)(H,35,36)(H,31,32,33,34). The Bertz CT molecular complexity index is 1280. The largest absolute Gasteiger partial charge is 0.481 e. The van der Waals surface area contributed by atoms with Crippen LogP contribution in [-0.2, 0) is 25.5 Å². The number of ether oxygens (including phenoxy) is 1. The maximum Gasteiger partial charge on any atom is 0.337 e. The van der Waals surface area contributed by atoms with E-state index in [9.17, 15) is 24.3 Å². The van der Waals surface area contributed by atoms with Gasteiger partial charge in [-0.1, -0.05) is 38.1 Å². The van der Waals surface area contributed by atoms with Crippen molar-refractivity contribution < 1.29 is 29.0 Å². The molecule has 0 radical (unpaired) electrons. The molecule has 2 amide bonds. The molecule has 0 aliphatic carbocycles. The number of methoxy groups -OCH3 is 1. The van der Waals surface area contributed by atoms with Gasteiger partial charge in [0.25, 0.3) is 0 Å². The van der Waals surface area contributed by atoms with Gasteiger partial charge in [0.15, 0.2) is 5.82 Å². The molecule has 1 aromatic heterocycles. The van der Waals surface area contributed by atoms with Crippen LogP contribution in [0, 0.1) is 11.8 Å². The minimum absolute atomic E-state index is 0.0892. The van der Waals surface area contributed by atoms with Crippen LogP contribution in [0.5, 0.6) is 0 Å². The highest BCUT2D eigenvalue weighted by Gasteiger charge is 2.28. The number of rotatable bonds is 14. The average Bonchev–Trinajstić information content (AvgIpc) is 3.47. The third-order valence-electron chi connectivity index (χ3n) is 6.30. The van der Waals surface area contributed by atoms with Crippen LogP contribution in [-0.4, -0.2) is 62.6 Å². The van der Waals surface area contributed by atoms with Crippen LogP contribution in [0.4, 0.5) is 5.69 Å². The fraction of sp³-hybridized carbons (Fsp3) is 0.393. The van der Waals surface area contributed by atoms with Gasteiger partial charge in [0.1, 0.15) is 6.04 Å². The molecule has 212 valence electrons. The average molecular weight is 551 g/mol. The summed E-state index contributed by atoms with van der Waals surface area (Å²) in [5.74, 6) is -2.62. The van der Waals surface area contributed by atoms with Gasteiger partial charge in [0.05, 0.1) is 19.1 Å². The molecule has 0 bridgehead atoms. The van der Waals surface area contributed by atoms with Gasteiger partial charge in [-0.05, 0) is 71.9 Å². The third kappa shape index (κ3) is 9.00. The Morgan fingerprint density at radius 1 is 1.00 bits per heavy atom. The Morgan fingerprint density at radius 2 is 1.70 bits per heavy atom. The number of tetrazole rings is 1. The van der Waals surface area contributed by atoms with Crippen molar-refractivity contribution in [3.8, 4) is 11.4 Å². The summed E-state index contributed by atoms with van der Waals surface area (Å²) in [6.45, 7) is 3.85. The molecule has 2 unspecified atom stereocenters. The van der Waals surface area contributed by atoms with Gasteiger partial charge in [-0.2, -0.15) is 0 Å². The van der Waals surface area contributed by atoms with Gasteiger partial charge in [-0.3, -0.25) is 14.4 Å². The molecule has 0 saturated heterocycles. The molecule has 0 aliphatic heterocycles. The number of aromatic nitrogens is 4. The van der Waals surface area contributed by atoms with Crippen LogP contribution in [0.3, 0.4) is 0 Å². The quantitative estimate of drug-likeness (QED) is 0.219. The lowest BCUT2D eigenvalue weighted by Crippen LogP contribution is -2.47. The zero-order valence-corrected chi connectivity index (χ0v) is 22.7. The molecule has 0 spiro atoms. The number of carboxylic acid groups (broad SMARTS) is 1. The molecular weight excluding hydrogens is 516 g/mol.